The second kappa shape index (κ2) is 6.93. The molecule has 1 aliphatic rings. The summed E-state index contributed by atoms with van der Waals surface area (Å²) in [7, 11) is 0. The van der Waals surface area contributed by atoms with Crippen molar-refractivity contribution in [3.63, 3.8) is 0 Å². The third-order valence-corrected chi connectivity index (χ3v) is 4.47. The largest absolute Gasteiger partial charge is 0.460 e. The van der Waals surface area contributed by atoms with Crippen molar-refractivity contribution >= 4 is 5.97 Å². The summed E-state index contributed by atoms with van der Waals surface area (Å²) in [4.78, 5) is 12.2. The summed E-state index contributed by atoms with van der Waals surface area (Å²) in [5.41, 5.74) is -1.37. The summed E-state index contributed by atoms with van der Waals surface area (Å²) in [6, 6.07) is 0. The van der Waals surface area contributed by atoms with Gasteiger partial charge in [0.2, 0.25) is 0 Å². The maximum Gasteiger partial charge on any atom is 0.312 e. The third-order valence-electron chi connectivity index (χ3n) is 4.47. The molecular weight excluding hydrogens is 252 g/mol. The van der Waals surface area contributed by atoms with Crippen molar-refractivity contribution in [2.75, 3.05) is 0 Å². The Morgan fingerprint density at radius 2 is 2.00 bits per heavy atom. The molecule has 1 saturated carbocycles. The average Bonchev–Trinajstić information content (AvgIpc) is 2.50. The molecular formula is C17H32O3. The predicted molar refractivity (Wildman–Crippen MR) is 81.4 cm³/mol. The van der Waals surface area contributed by atoms with Crippen LogP contribution in [0.2, 0.25) is 0 Å². The van der Waals surface area contributed by atoms with Crippen LogP contribution in [0.1, 0.15) is 79.6 Å². The van der Waals surface area contributed by atoms with E-state index in [9.17, 15) is 9.90 Å². The van der Waals surface area contributed by atoms with Gasteiger partial charge in [0.25, 0.3) is 0 Å². The zero-order valence-electron chi connectivity index (χ0n) is 13.9. The van der Waals surface area contributed by atoms with E-state index in [1.807, 2.05) is 27.7 Å². The first-order valence-electron chi connectivity index (χ1n) is 8.13. The molecule has 1 aliphatic carbocycles. The van der Waals surface area contributed by atoms with Crippen molar-refractivity contribution in [1.29, 1.82) is 0 Å². The number of hydrogen-bond donors (Lipinski definition) is 1. The van der Waals surface area contributed by atoms with Gasteiger partial charge in [-0.15, -0.1) is 0 Å². The average molecular weight is 284 g/mol. The number of aliphatic hydroxyl groups is 1. The van der Waals surface area contributed by atoms with Crippen molar-refractivity contribution in [1.82, 2.24) is 0 Å². The number of carbonyl (C=O) groups excluding carboxylic acids is 1. The Labute approximate surface area is 124 Å². The van der Waals surface area contributed by atoms with Crippen molar-refractivity contribution < 1.29 is 14.6 Å². The van der Waals surface area contributed by atoms with Crippen LogP contribution >= 0.6 is 0 Å². The Hall–Kier alpha value is -0.570. The van der Waals surface area contributed by atoms with E-state index < -0.39 is 17.1 Å². The van der Waals surface area contributed by atoms with Gasteiger partial charge in [-0.05, 0) is 52.9 Å². The van der Waals surface area contributed by atoms with Gasteiger partial charge < -0.3 is 9.84 Å². The standard InChI is InChI=1S/C17H32O3/c1-6-8-14-9-7-11-17(19,12-10-14)13(2)15(18)20-16(3,4)5/h13-14,19H,6-12H2,1-5H3. The van der Waals surface area contributed by atoms with Gasteiger partial charge in [0.1, 0.15) is 5.60 Å². The Morgan fingerprint density at radius 1 is 1.35 bits per heavy atom. The number of carbonyl (C=O) groups is 1. The van der Waals surface area contributed by atoms with Crippen molar-refractivity contribution in [3.05, 3.63) is 0 Å². The van der Waals surface area contributed by atoms with Crippen LogP contribution in [0.3, 0.4) is 0 Å². The first-order valence-corrected chi connectivity index (χ1v) is 8.13. The van der Waals surface area contributed by atoms with Crippen LogP contribution in [0.4, 0.5) is 0 Å². The maximum atomic E-state index is 12.2. The van der Waals surface area contributed by atoms with E-state index in [2.05, 4.69) is 6.92 Å². The van der Waals surface area contributed by atoms with Crippen LogP contribution in [0.5, 0.6) is 0 Å². The molecule has 0 aromatic heterocycles. The highest BCUT2D eigenvalue weighted by Crippen LogP contribution is 2.37. The molecule has 3 unspecified atom stereocenters. The van der Waals surface area contributed by atoms with E-state index in [1.54, 1.807) is 0 Å². The van der Waals surface area contributed by atoms with Gasteiger partial charge in [-0.1, -0.05) is 32.6 Å². The summed E-state index contributed by atoms with van der Waals surface area (Å²) in [5, 5.41) is 10.9. The Morgan fingerprint density at radius 3 is 2.55 bits per heavy atom. The summed E-state index contributed by atoms with van der Waals surface area (Å²) in [6.07, 6.45) is 7.08. The van der Waals surface area contributed by atoms with Crippen LogP contribution in [-0.2, 0) is 9.53 Å². The highest BCUT2D eigenvalue weighted by molar-refractivity contribution is 5.73. The smallest absolute Gasteiger partial charge is 0.312 e. The minimum atomic E-state index is -0.884. The quantitative estimate of drug-likeness (QED) is 0.625. The number of rotatable bonds is 4. The Balaban J connectivity index is 2.65. The molecule has 20 heavy (non-hydrogen) atoms. The van der Waals surface area contributed by atoms with Gasteiger partial charge >= 0.3 is 5.97 Å². The number of hydrogen-bond acceptors (Lipinski definition) is 3. The van der Waals surface area contributed by atoms with E-state index in [4.69, 9.17) is 4.74 Å². The van der Waals surface area contributed by atoms with Gasteiger partial charge in [-0.25, -0.2) is 0 Å². The van der Waals surface area contributed by atoms with E-state index in [-0.39, 0.29) is 5.97 Å². The highest BCUT2D eigenvalue weighted by atomic mass is 16.6. The Kier molecular flexibility index (Phi) is 6.06. The topological polar surface area (TPSA) is 46.5 Å². The van der Waals surface area contributed by atoms with E-state index in [1.165, 1.54) is 19.3 Å². The fourth-order valence-electron chi connectivity index (χ4n) is 3.16. The molecule has 1 fully saturated rings. The number of esters is 1. The van der Waals surface area contributed by atoms with E-state index in [0.29, 0.717) is 12.3 Å². The molecule has 0 aromatic carbocycles. The SMILES string of the molecule is CCCC1CCCC(O)(C(C)C(=O)OC(C)(C)C)CC1. The predicted octanol–water partition coefficient (Wildman–Crippen LogP) is 4.08. The molecule has 3 heteroatoms. The molecule has 0 spiro atoms. The molecule has 118 valence electrons. The minimum Gasteiger partial charge on any atom is -0.460 e. The molecule has 0 bridgehead atoms. The second-order valence-corrected chi connectivity index (χ2v) is 7.44. The lowest BCUT2D eigenvalue weighted by atomic mass is 9.82. The molecule has 0 aliphatic heterocycles. The van der Waals surface area contributed by atoms with Crippen LogP contribution in [0.25, 0.3) is 0 Å². The van der Waals surface area contributed by atoms with Crippen LogP contribution < -0.4 is 0 Å². The van der Waals surface area contributed by atoms with Crippen molar-refractivity contribution in [2.24, 2.45) is 11.8 Å². The van der Waals surface area contributed by atoms with Crippen LogP contribution in [0.15, 0.2) is 0 Å². The fourth-order valence-corrected chi connectivity index (χ4v) is 3.16. The summed E-state index contributed by atoms with van der Waals surface area (Å²) in [5.74, 6) is -0.00379. The van der Waals surface area contributed by atoms with Crippen molar-refractivity contribution in [3.8, 4) is 0 Å². The van der Waals surface area contributed by atoms with Crippen LogP contribution in [0, 0.1) is 11.8 Å². The molecule has 3 atom stereocenters. The van der Waals surface area contributed by atoms with E-state index in [0.717, 1.165) is 19.3 Å². The van der Waals surface area contributed by atoms with Gasteiger partial charge in [0.05, 0.1) is 11.5 Å². The van der Waals surface area contributed by atoms with E-state index >= 15 is 0 Å². The summed E-state index contributed by atoms with van der Waals surface area (Å²) < 4.78 is 5.43. The fraction of sp³-hybridized carbons (Fsp3) is 0.941. The molecule has 3 nitrogen and oxygen atoms in total. The maximum absolute atomic E-state index is 12.2. The lowest BCUT2D eigenvalue weighted by Crippen LogP contribution is -2.43. The number of ether oxygens (including phenoxy) is 1. The molecule has 0 radical (unpaired) electrons. The zero-order chi connectivity index (χ0) is 15.4. The monoisotopic (exact) mass is 284 g/mol. The third kappa shape index (κ3) is 5.08. The molecule has 1 rings (SSSR count). The minimum absolute atomic E-state index is 0.269. The lowest BCUT2D eigenvalue weighted by Gasteiger charge is -2.33. The lowest BCUT2D eigenvalue weighted by molar-refractivity contribution is -0.169. The van der Waals surface area contributed by atoms with Gasteiger partial charge in [0.15, 0.2) is 0 Å². The summed E-state index contributed by atoms with van der Waals surface area (Å²) >= 11 is 0. The van der Waals surface area contributed by atoms with Gasteiger partial charge in [-0.3, -0.25) is 4.79 Å². The zero-order valence-corrected chi connectivity index (χ0v) is 13.9. The molecule has 0 heterocycles. The highest BCUT2D eigenvalue weighted by Gasteiger charge is 2.41. The van der Waals surface area contributed by atoms with Crippen LogP contribution in [-0.4, -0.2) is 22.3 Å². The van der Waals surface area contributed by atoms with Gasteiger partial charge in [0, 0.05) is 0 Å². The molecule has 1 N–H and O–H groups in total. The second-order valence-electron chi connectivity index (χ2n) is 7.44. The Bertz CT molecular complexity index is 319. The van der Waals surface area contributed by atoms with Crippen molar-refractivity contribution in [2.45, 2.75) is 90.8 Å². The summed E-state index contributed by atoms with van der Waals surface area (Å²) in [6.45, 7) is 9.62. The first-order chi connectivity index (χ1) is 9.18. The first kappa shape index (κ1) is 17.5. The molecule has 0 aromatic rings. The molecule has 0 amide bonds. The molecule has 0 saturated heterocycles. The van der Waals surface area contributed by atoms with Gasteiger partial charge in [-0.2, -0.15) is 0 Å². The normalized spacial score (nSPS) is 29.6.